The largest absolute Gasteiger partial charge is 0.482 e. The summed E-state index contributed by atoms with van der Waals surface area (Å²) in [4.78, 5) is 11.2. The van der Waals surface area contributed by atoms with Crippen LogP contribution in [0.2, 0.25) is 0 Å². The molecule has 0 saturated heterocycles. The number of hydrogen-bond acceptors (Lipinski definition) is 4. The Morgan fingerprint density at radius 1 is 1.47 bits per heavy atom. The Hall–Kier alpha value is -1.75. The third-order valence-corrected chi connectivity index (χ3v) is 2.94. The number of nitrogens with two attached hydrogens (primary N) is 1. The number of hydrogen-bond donors (Lipinski definition) is 3. The minimum Gasteiger partial charge on any atom is -0.482 e. The molecule has 1 heterocycles. The Labute approximate surface area is 113 Å². The SMILES string of the molecule is CC(C)(N)CCCNc1ccc2c(c1)NC(=O)CO2. The van der Waals surface area contributed by atoms with Crippen LogP contribution in [0.3, 0.4) is 0 Å². The highest BCUT2D eigenvalue weighted by Gasteiger charge is 2.15. The Morgan fingerprint density at radius 2 is 2.26 bits per heavy atom. The van der Waals surface area contributed by atoms with Gasteiger partial charge in [0.25, 0.3) is 5.91 Å². The van der Waals surface area contributed by atoms with Crippen LogP contribution in [-0.2, 0) is 4.79 Å². The zero-order valence-electron chi connectivity index (χ0n) is 11.5. The number of ether oxygens (including phenoxy) is 1. The van der Waals surface area contributed by atoms with E-state index in [0.29, 0.717) is 5.75 Å². The van der Waals surface area contributed by atoms with Crippen LogP contribution in [0, 0.1) is 0 Å². The van der Waals surface area contributed by atoms with Crippen molar-refractivity contribution in [3.05, 3.63) is 18.2 Å². The summed E-state index contributed by atoms with van der Waals surface area (Å²) in [5, 5.41) is 6.11. The number of rotatable bonds is 5. The van der Waals surface area contributed by atoms with Crippen molar-refractivity contribution in [2.75, 3.05) is 23.8 Å². The molecule has 0 aliphatic carbocycles. The van der Waals surface area contributed by atoms with Crippen LogP contribution in [0.15, 0.2) is 18.2 Å². The van der Waals surface area contributed by atoms with Crippen molar-refractivity contribution in [3.8, 4) is 5.75 Å². The van der Waals surface area contributed by atoms with E-state index in [-0.39, 0.29) is 18.1 Å². The molecule has 0 atom stereocenters. The van der Waals surface area contributed by atoms with E-state index in [4.69, 9.17) is 10.5 Å². The summed E-state index contributed by atoms with van der Waals surface area (Å²) < 4.78 is 5.30. The topological polar surface area (TPSA) is 76.4 Å². The lowest BCUT2D eigenvalue weighted by molar-refractivity contribution is -0.118. The fourth-order valence-electron chi connectivity index (χ4n) is 1.97. The molecule has 0 aromatic heterocycles. The summed E-state index contributed by atoms with van der Waals surface area (Å²) in [5.74, 6) is 0.600. The van der Waals surface area contributed by atoms with Gasteiger partial charge in [0.2, 0.25) is 0 Å². The molecule has 5 nitrogen and oxygen atoms in total. The van der Waals surface area contributed by atoms with Crippen molar-refractivity contribution in [2.45, 2.75) is 32.2 Å². The third-order valence-electron chi connectivity index (χ3n) is 2.94. The average Bonchev–Trinajstić information content (AvgIpc) is 2.33. The Balaban J connectivity index is 1.88. The first-order valence-electron chi connectivity index (χ1n) is 6.53. The van der Waals surface area contributed by atoms with E-state index in [9.17, 15) is 4.79 Å². The summed E-state index contributed by atoms with van der Waals surface area (Å²) in [6.07, 6.45) is 1.97. The molecule has 19 heavy (non-hydrogen) atoms. The van der Waals surface area contributed by atoms with Crippen molar-refractivity contribution in [1.29, 1.82) is 0 Å². The molecule has 4 N–H and O–H groups in total. The second kappa shape index (κ2) is 5.48. The van der Waals surface area contributed by atoms with Gasteiger partial charge in [0, 0.05) is 17.8 Å². The highest BCUT2D eigenvalue weighted by atomic mass is 16.5. The fraction of sp³-hybridized carbons (Fsp3) is 0.500. The van der Waals surface area contributed by atoms with Crippen LogP contribution in [0.4, 0.5) is 11.4 Å². The van der Waals surface area contributed by atoms with Crippen molar-refractivity contribution in [1.82, 2.24) is 0 Å². The molecule has 0 bridgehead atoms. The van der Waals surface area contributed by atoms with Gasteiger partial charge >= 0.3 is 0 Å². The summed E-state index contributed by atoms with van der Waals surface area (Å²) in [6.45, 7) is 5.00. The first-order valence-corrected chi connectivity index (χ1v) is 6.53. The Bertz CT molecular complexity index is 466. The number of benzene rings is 1. The normalized spacial score (nSPS) is 14.4. The van der Waals surface area contributed by atoms with Gasteiger partial charge in [-0.1, -0.05) is 0 Å². The number of fused-ring (bicyclic) bond motifs is 1. The molecular formula is C14H21N3O2. The van der Waals surface area contributed by atoms with Crippen LogP contribution in [0.25, 0.3) is 0 Å². The van der Waals surface area contributed by atoms with E-state index in [2.05, 4.69) is 10.6 Å². The van der Waals surface area contributed by atoms with Crippen molar-refractivity contribution in [3.63, 3.8) is 0 Å². The molecule has 1 aliphatic rings. The number of carbonyl (C=O) groups is 1. The van der Waals surface area contributed by atoms with Crippen LogP contribution in [0.5, 0.6) is 5.75 Å². The molecule has 5 heteroatoms. The maximum Gasteiger partial charge on any atom is 0.262 e. The Morgan fingerprint density at radius 3 is 3.00 bits per heavy atom. The predicted molar refractivity (Wildman–Crippen MR) is 76.6 cm³/mol. The van der Waals surface area contributed by atoms with E-state index in [1.165, 1.54) is 0 Å². The molecule has 1 amide bonds. The van der Waals surface area contributed by atoms with E-state index < -0.39 is 0 Å². The summed E-state index contributed by atoms with van der Waals surface area (Å²) in [5.41, 5.74) is 7.50. The predicted octanol–water partition coefficient (Wildman–Crippen LogP) is 1.95. The van der Waals surface area contributed by atoms with Gasteiger partial charge in [-0.05, 0) is 44.9 Å². The fourth-order valence-corrected chi connectivity index (χ4v) is 1.97. The lowest BCUT2D eigenvalue weighted by Crippen LogP contribution is -2.32. The highest BCUT2D eigenvalue weighted by molar-refractivity contribution is 5.95. The summed E-state index contributed by atoms with van der Waals surface area (Å²) in [6, 6.07) is 5.70. The van der Waals surface area contributed by atoms with E-state index >= 15 is 0 Å². The summed E-state index contributed by atoms with van der Waals surface area (Å²) in [7, 11) is 0. The lowest BCUT2D eigenvalue weighted by Gasteiger charge is -2.20. The molecule has 104 valence electrons. The quantitative estimate of drug-likeness (QED) is 0.710. The number of carbonyl (C=O) groups excluding carboxylic acids is 1. The number of amides is 1. The monoisotopic (exact) mass is 263 g/mol. The zero-order valence-corrected chi connectivity index (χ0v) is 11.5. The van der Waals surface area contributed by atoms with E-state index in [1.807, 2.05) is 32.0 Å². The molecule has 1 aromatic carbocycles. The van der Waals surface area contributed by atoms with Crippen LogP contribution < -0.4 is 21.1 Å². The first-order chi connectivity index (χ1) is 8.94. The van der Waals surface area contributed by atoms with Gasteiger partial charge in [-0.15, -0.1) is 0 Å². The van der Waals surface area contributed by atoms with E-state index in [1.54, 1.807) is 0 Å². The minimum absolute atomic E-state index is 0.0886. The smallest absolute Gasteiger partial charge is 0.262 e. The summed E-state index contributed by atoms with van der Waals surface area (Å²) >= 11 is 0. The maximum absolute atomic E-state index is 11.2. The van der Waals surface area contributed by atoms with Crippen molar-refractivity contribution in [2.24, 2.45) is 5.73 Å². The van der Waals surface area contributed by atoms with Crippen LogP contribution in [-0.4, -0.2) is 24.6 Å². The van der Waals surface area contributed by atoms with Gasteiger partial charge in [0.15, 0.2) is 6.61 Å². The second-order valence-corrected chi connectivity index (χ2v) is 5.57. The zero-order chi connectivity index (χ0) is 13.9. The van der Waals surface area contributed by atoms with Gasteiger partial charge in [-0.2, -0.15) is 0 Å². The molecule has 0 fully saturated rings. The van der Waals surface area contributed by atoms with Crippen molar-refractivity contribution >= 4 is 17.3 Å². The molecule has 1 aliphatic heterocycles. The second-order valence-electron chi connectivity index (χ2n) is 5.57. The molecule has 0 spiro atoms. The van der Waals surface area contributed by atoms with Gasteiger partial charge in [0.1, 0.15) is 5.75 Å². The van der Waals surface area contributed by atoms with Gasteiger partial charge in [-0.25, -0.2) is 0 Å². The van der Waals surface area contributed by atoms with Gasteiger partial charge in [-0.3, -0.25) is 4.79 Å². The molecule has 2 rings (SSSR count). The van der Waals surface area contributed by atoms with Gasteiger partial charge < -0.3 is 21.1 Å². The Kier molecular flexibility index (Phi) is 3.95. The van der Waals surface area contributed by atoms with Crippen LogP contribution >= 0.6 is 0 Å². The lowest BCUT2D eigenvalue weighted by atomic mass is 10.0. The molecule has 0 saturated carbocycles. The number of anilines is 2. The molecule has 0 radical (unpaired) electrons. The third kappa shape index (κ3) is 4.13. The van der Waals surface area contributed by atoms with Crippen molar-refractivity contribution < 1.29 is 9.53 Å². The number of nitrogens with one attached hydrogen (secondary N) is 2. The van der Waals surface area contributed by atoms with E-state index in [0.717, 1.165) is 30.8 Å². The maximum atomic E-state index is 11.2. The minimum atomic E-state index is -0.126. The van der Waals surface area contributed by atoms with Crippen LogP contribution in [0.1, 0.15) is 26.7 Å². The standard InChI is InChI=1S/C14H21N3O2/c1-14(2,15)6-3-7-16-10-4-5-12-11(8-10)17-13(18)9-19-12/h4-5,8,16H,3,6-7,9,15H2,1-2H3,(H,17,18). The molecule has 1 aromatic rings. The average molecular weight is 263 g/mol. The molecular weight excluding hydrogens is 242 g/mol. The first kappa shape index (κ1) is 13.7. The highest BCUT2D eigenvalue weighted by Crippen LogP contribution is 2.30. The van der Waals surface area contributed by atoms with Gasteiger partial charge in [0.05, 0.1) is 5.69 Å². The molecule has 0 unspecified atom stereocenters.